The van der Waals surface area contributed by atoms with E-state index in [0.29, 0.717) is 47.3 Å². The van der Waals surface area contributed by atoms with Gasteiger partial charge in [0.15, 0.2) is 0 Å². The molecule has 18 atom stereocenters. The summed E-state index contributed by atoms with van der Waals surface area (Å²) in [6.07, 6.45) is 36.0. The van der Waals surface area contributed by atoms with E-state index in [4.69, 9.17) is 14.2 Å². The van der Waals surface area contributed by atoms with Crippen molar-refractivity contribution in [3.05, 3.63) is 70.2 Å². The predicted octanol–water partition coefficient (Wildman–Crippen LogP) is 10.9. The standard InChI is InChI=1S/2C20H32O4.C12H20O.C7H10O.C3H5Br.C3H5.B2.B.BrH.Mg/c2*1-5-6-7-8-15-13-9-10-14(11-13)18(15)24-17(21)12-16(19(22)23)20(2,3)4;1-2-3-4-5-11-9-6-7-10(8-9)12(11)13;1-2-5-3-4(1)6-7(5)8-6;1-2-3-4;1-3-2;1-2;;;/h2*5,13-16,18H,1,6-12H2,2-4H3,(H,22,23);2,9-13H,1,3-8H2;4-7H,1-3H2;2H,1,3H2;3H,1-2H2;;;1H;/q;;;;;-1;;;;+2/p-1/t13-,14+,15-,16+,18-;13-,14+,15-,16-,18-;9-,10+,11-,12-;4-,5+,6+,7-;;;;;;/m011......./s1. The number of hydrogen-bond acceptors (Lipinski definition) is 8. The first-order valence-corrected chi connectivity index (χ1v) is 31.1. The van der Waals surface area contributed by atoms with Gasteiger partial charge in [-0.05, 0) is 211 Å². The van der Waals surface area contributed by atoms with Crippen molar-refractivity contribution < 1.29 is 65.7 Å². The molecule has 0 spiro atoms. The van der Waals surface area contributed by atoms with Crippen LogP contribution in [0.5, 0.6) is 0 Å². The topological polar surface area (TPSA) is 160 Å². The number of aliphatic carboxylic acids is 2. The largest absolute Gasteiger partial charge is 2.00 e. The number of ether oxygens (including phenoxy) is 3. The fourth-order valence-corrected chi connectivity index (χ4v) is 15.0. The summed E-state index contributed by atoms with van der Waals surface area (Å²) in [6, 6.07) is 0. The molecule has 8 saturated carbocycles. The summed E-state index contributed by atoms with van der Waals surface area (Å²) in [4.78, 5) is 47.8. The summed E-state index contributed by atoms with van der Waals surface area (Å²) in [5, 5.41) is 29.7. The number of esters is 2. The van der Waals surface area contributed by atoms with Gasteiger partial charge in [-0.3, -0.25) is 19.2 Å². The Labute approximate surface area is 531 Å². The Bertz CT molecular complexity index is 1790. The summed E-state index contributed by atoms with van der Waals surface area (Å²) in [7, 11) is 8.00. The Morgan fingerprint density at radius 2 is 0.864 bits per heavy atom. The van der Waals surface area contributed by atoms with Crippen molar-refractivity contribution in [2.24, 2.45) is 87.8 Å². The fourth-order valence-electron chi connectivity index (χ4n) is 15.0. The second-order valence-electron chi connectivity index (χ2n) is 26.1. The molecule has 0 aromatic rings. The molecule has 10 nitrogen and oxygen atoms in total. The number of carbonyl (C=O) groups excluding carboxylic acids is 2. The molecule has 8 aliphatic carbocycles. The third-order valence-corrected chi connectivity index (χ3v) is 19.4. The van der Waals surface area contributed by atoms with Crippen LogP contribution in [0.3, 0.4) is 0 Å². The van der Waals surface area contributed by atoms with Gasteiger partial charge < -0.3 is 46.5 Å². The fraction of sp³-hybridized carbons (Fsp3) is 0.769. The van der Waals surface area contributed by atoms with Crippen LogP contribution in [0.1, 0.15) is 189 Å². The number of aliphatic hydroxyl groups excluding tert-OH is 1. The second-order valence-corrected chi connectivity index (χ2v) is 26.7. The molecule has 8 bridgehead atoms. The van der Waals surface area contributed by atoms with Gasteiger partial charge in [-0.15, -0.1) is 26.3 Å². The van der Waals surface area contributed by atoms with Crippen molar-refractivity contribution in [2.75, 3.05) is 5.33 Å². The van der Waals surface area contributed by atoms with Crippen molar-refractivity contribution in [3.8, 4) is 0 Å². The van der Waals surface area contributed by atoms with Crippen molar-refractivity contribution in [2.45, 2.75) is 220 Å². The molecule has 1 heterocycles. The van der Waals surface area contributed by atoms with E-state index in [2.05, 4.69) is 71.2 Å². The number of fused-ring (bicyclic) bond motifs is 11. The Balaban J connectivity index is 0.00000104. The van der Waals surface area contributed by atoms with Gasteiger partial charge in [0.1, 0.15) is 12.2 Å². The number of allylic oxidation sites excluding steroid dienone is 5. The van der Waals surface area contributed by atoms with E-state index in [1.54, 1.807) is 6.08 Å². The third kappa shape index (κ3) is 24.5. The molecular weight excluding hydrogens is 1160 g/mol. The van der Waals surface area contributed by atoms with Crippen LogP contribution in [0.25, 0.3) is 0 Å². The molecule has 16 heteroatoms. The maximum Gasteiger partial charge on any atom is 2.00 e. The van der Waals surface area contributed by atoms with Gasteiger partial charge in [0, 0.05) is 29.2 Å². The van der Waals surface area contributed by atoms with Gasteiger partial charge in [-0.25, -0.2) is 19.6 Å². The van der Waals surface area contributed by atoms with Crippen molar-refractivity contribution in [1.29, 1.82) is 0 Å². The van der Waals surface area contributed by atoms with Crippen LogP contribution in [-0.4, -0.2) is 122 Å². The van der Waals surface area contributed by atoms with E-state index in [1.807, 2.05) is 59.8 Å². The summed E-state index contributed by atoms with van der Waals surface area (Å²) in [6.45, 7) is 32.3. The van der Waals surface area contributed by atoms with Gasteiger partial charge in [-0.2, -0.15) is 0 Å². The number of unbranched alkanes of at least 4 members (excludes halogenated alkanes) is 3. The Morgan fingerprint density at radius 1 is 0.580 bits per heavy atom. The zero-order valence-electron chi connectivity index (χ0n) is 50.9. The average Bonchev–Trinajstić information content (AvgIpc) is 4.20. The SMILES string of the molecule is C1C[C@@H]2C[C@H]1[C@H]1O[C@@H]21.C=CCBr.C=CCCC[C@@H]1[C@@H]2CC[C@@H](C2)[C@H]1O.C=CCCC[C@@H]1[C@@H]2CC[C@@H](C2)[C@H]1OC(=O)C[C@H](C(=O)O)C(C)(C)C.C=CCCC[C@H]1[C@H]2CC[C@H](C2)[C@@H]1OC(=O)C[C@H](C(=O)O)C(C)(C)C.C=C[CH2-].[B].[B][B].[Br-].[Mg+2]. The van der Waals surface area contributed by atoms with E-state index in [9.17, 15) is 34.5 Å². The molecule has 1 aliphatic heterocycles. The van der Waals surface area contributed by atoms with E-state index in [1.165, 1.54) is 83.1 Å². The van der Waals surface area contributed by atoms with E-state index in [-0.39, 0.29) is 91.5 Å². The maximum absolute atomic E-state index is 12.4. The first kappa shape index (κ1) is 79.3. The number of carboxylic acids is 2. The number of epoxide rings is 1. The minimum Gasteiger partial charge on any atom is -1.00 e. The monoisotopic (exact) mass is 1260 g/mol. The molecule has 0 aromatic heterocycles. The molecule has 0 unspecified atom stereocenters. The Kier molecular flexibility index (Phi) is 39.0. The van der Waals surface area contributed by atoms with E-state index >= 15 is 0 Å². The number of aliphatic hydroxyl groups is 1. The summed E-state index contributed by atoms with van der Waals surface area (Å²) >= 11 is 3.13. The molecule has 9 rings (SSSR count). The Hall–Kier alpha value is -1.71. The molecule has 9 aliphatic rings. The number of carboxylic acid groups (broad SMARTS) is 2. The average molecular weight is 1260 g/mol. The smallest absolute Gasteiger partial charge is 1.00 e. The quantitative estimate of drug-likeness (QED) is 0.0192. The predicted molar refractivity (Wildman–Crippen MR) is 333 cm³/mol. The van der Waals surface area contributed by atoms with E-state index < -0.39 is 34.6 Å². The van der Waals surface area contributed by atoms with Gasteiger partial charge >= 0.3 is 46.9 Å². The van der Waals surface area contributed by atoms with Crippen LogP contribution in [0.4, 0.5) is 0 Å². The van der Waals surface area contributed by atoms with Crippen LogP contribution in [-0.2, 0) is 33.4 Å². The van der Waals surface area contributed by atoms with Crippen LogP contribution in [0.15, 0.2) is 63.3 Å². The number of hydrogen-bond donors (Lipinski definition) is 3. The van der Waals surface area contributed by atoms with Crippen LogP contribution in [0, 0.1) is 94.7 Å². The van der Waals surface area contributed by atoms with Crippen LogP contribution < -0.4 is 17.0 Å². The number of halogens is 2. The molecule has 0 aromatic carbocycles. The number of carbonyl (C=O) groups is 4. The minimum atomic E-state index is -0.921. The van der Waals surface area contributed by atoms with Gasteiger partial charge in [-0.1, -0.05) is 81.8 Å². The number of alkyl halides is 1. The summed E-state index contributed by atoms with van der Waals surface area (Å²) in [5.41, 5.74) is -0.911. The first-order chi connectivity index (χ1) is 37.1. The molecular formula is C65H104B3Br2MgO10. The van der Waals surface area contributed by atoms with Gasteiger partial charge in [0.05, 0.1) is 43.0 Å². The third-order valence-electron chi connectivity index (χ3n) is 19.0. The van der Waals surface area contributed by atoms with Crippen molar-refractivity contribution in [1.82, 2.24) is 0 Å². The zero-order chi connectivity index (χ0) is 58.3. The first-order valence-electron chi connectivity index (χ1n) is 30.0. The normalized spacial score (nSPS) is 31.7. The Morgan fingerprint density at radius 3 is 1.14 bits per heavy atom. The zero-order valence-corrected chi connectivity index (χ0v) is 55.5. The van der Waals surface area contributed by atoms with Crippen LogP contribution in [0.2, 0.25) is 0 Å². The molecule has 81 heavy (non-hydrogen) atoms. The molecule has 9 fully saturated rings. The number of rotatable bonds is 21. The molecule has 1 saturated heterocycles. The summed E-state index contributed by atoms with van der Waals surface area (Å²) in [5.74, 6) is 3.37. The van der Waals surface area contributed by atoms with E-state index in [0.717, 1.165) is 93.1 Å². The minimum absolute atomic E-state index is 0. The van der Waals surface area contributed by atoms with Gasteiger partial charge in [0.25, 0.3) is 0 Å². The maximum atomic E-state index is 12.4. The van der Waals surface area contributed by atoms with Crippen molar-refractivity contribution in [3.63, 3.8) is 0 Å². The molecule has 7 radical (unpaired) electrons. The summed E-state index contributed by atoms with van der Waals surface area (Å²) < 4.78 is 17.1. The second kappa shape index (κ2) is 39.9. The van der Waals surface area contributed by atoms with Crippen molar-refractivity contribution >= 4 is 86.7 Å². The molecule has 3 N–H and O–H groups in total. The van der Waals surface area contributed by atoms with Gasteiger partial charge in [0.2, 0.25) is 0 Å². The van der Waals surface area contributed by atoms with Crippen LogP contribution >= 0.6 is 15.9 Å². The molecule has 0 amide bonds. The molecule has 449 valence electrons.